The number of nitro groups is 1. The first-order valence-electron chi connectivity index (χ1n) is 3.72. The van der Waals surface area contributed by atoms with E-state index in [9.17, 15) is 10.1 Å². The summed E-state index contributed by atoms with van der Waals surface area (Å²) in [5, 5.41) is 10.6. The summed E-state index contributed by atoms with van der Waals surface area (Å²) in [5.41, 5.74) is 0.981. The van der Waals surface area contributed by atoms with Crippen molar-refractivity contribution in [3.05, 3.63) is 27.6 Å². The number of nitrogens with zero attached hydrogens (tertiary/aromatic N) is 2. The molecule has 0 radical (unpaired) electrons. The molecule has 0 atom stereocenters. The molecule has 1 aromatic heterocycles. The molecule has 0 amide bonds. The van der Waals surface area contributed by atoms with Crippen LogP contribution in [0.3, 0.4) is 0 Å². The molecule has 0 aliphatic carbocycles. The zero-order chi connectivity index (χ0) is 10.0. The van der Waals surface area contributed by atoms with Crippen molar-refractivity contribution < 1.29 is 9.66 Å². The van der Waals surface area contributed by atoms with Gasteiger partial charge in [0.2, 0.25) is 5.75 Å². The number of aromatic nitrogens is 1. The molecule has 5 heteroatoms. The van der Waals surface area contributed by atoms with Gasteiger partial charge in [-0.2, -0.15) is 0 Å². The Morgan fingerprint density at radius 3 is 2.54 bits per heavy atom. The van der Waals surface area contributed by atoms with E-state index in [4.69, 9.17) is 4.74 Å². The second-order valence-electron chi connectivity index (χ2n) is 2.67. The minimum absolute atomic E-state index is 0.0532. The van der Waals surface area contributed by atoms with Gasteiger partial charge in [0.1, 0.15) is 5.69 Å². The molecule has 70 valence electrons. The summed E-state index contributed by atoms with van der Waals surface area (Å²) in [7, 11) is 1.41. The summed E-state index contributed by atoms with van der Waals surface area (Å²) in [4.78, 5) is 14.0. The zero-order valence-corrected chi connectivity index (χ0v) is 7.70. The maximum Gasteiger partial charge on any atom is 0.332 e. The predicted molar refractivity (Wildman–Crippen MR) is 46.9 cm³/mol. The summed E-state index contributed by atoms with van der Waals surface area (Å²) in [5.74, 6) is 0.289. The van der Waals surface area contributed by atoms with Gasteiger partial charge in [-0.1, -0.05) is 0 Å². The first-order valence-corrected chi connectivity index (χ1v) is 3.72. The van der Waals surface area contributed by atoms with Crippen LogP contribution in [0.15, 0.2) is 6.20 Å². The summed E-state index contributed by atoms with van der Waals surface area (Å²) in [6.07, 6.45) is 1.56. The van der Waals surface area contributed by atoms with Gasteiger partial charge < -0.3 is 4.74 Å². The summed E-state index contributed by atoms with van der Waals surface area (Å²) in [6.45, 7) is 3.30. The second-order valence-corrected chi connectivity index (χ2v) is 2.67. The highest BCUT2D eigenvalue weighted by Gasteiger charge is 2.21. The molecule has 0 unspecified atom stereocenters. The Balaban J connectivity index is 3.43. The van der Waals surface area contributed by atoms with Gasteiger partial charge in [-0.05, 0) is 13.8 Å². The SMILES string of the molecule is COc1c(C)cnc(C)c1[N+](=O)[O-]. The molecule has 1 aromatic rings. The molecule has 0 aliphatic heterocycles. The van der Waals surface area contributed by atoms with Crippen molar-refractivity contribution in [1.82, 2.24) is 4.98 Å². The van der Waals surface area contributed by atoms with E-state index in [0.29, 0.717) is 11.3 Å². The number of aryl methyl sites for hydroxylation is 2. The Bertz CT molecular complexity index is 349. The zero-order valence-electron chi connectivity index (χ0n) is 7.70. The molecule has 0 saturated carbocycles. The van der Waals surface area contributed by atoms with Gasteiger partial charge >= 0.3 is 5.69 Å². The van der Waals surface area contributed by atoms with Gasteiger partial charge in [0, 0.05) is 11.8 Å². The molecule has 0 bridgehead atoms. The van der Waals surface area contributed by atoms with Crippen molar-refractivity contribution in [2.45, 2.75) is 13.8 Å². The van der Waals surface area contributed by atoms with Gasteiger partial charge in [-0.25, -0.2) is 0 Å². The van der Waals surface area contributed by atoms with E-state index in [2.05, 4.69) is 4.98 Å². The van der Waals surface area contributed by atoms with Crippen LogP contribution in [0.25, 0.3) is 0 Å². The summed E-state index contributed by atoms with van der Waals surface area (Å²) < 4.78 is 4.94. The average molecular weight is 182 g/mol. The van der Waals surface area contributed by atoms with Crippen molar-refractivity contribution in [3.8, 4) is 5.75 Å². The molecule has 1 heterocycles. The van der Waals surface area contributed by atoms with Crippen LogP contribution in [0.1, 0.15) is 11.3 Å². The largest absolute Gasteiger partial charge is 0.490 e. The normalized spacial score (nSPS) is 9.77. The van der Waals surface area contributed by atoms with Crippen LogP contribution in [-0.2, 0) is 0 Å². The fraction of sp³-hybridized carbons (Fsp3) is 0.375. The van der Waals surface area contributed by atoms with Crippen molar-refractivity contribution in [3.63, 3.8) is 0 Å². The number of hydrogen-bond acceptors (Lipinski definition) is 4. The lowest BCUT2D eigenvalue weighted by Gasteiger charge is -2.05. The first-order chi connectivity index (χ1) is 6.07. The Kier molecular flexibility index (Phi) is 2.46. The fourth-order valence-electron chi connectivity index (χ4n) is 1.14. The molecular formula is C8H10N2O3. The van der Waals surface area contributed by atoms with Crippen LogP contribution in [0.5, 0.6) is 5.75 Å². The highest BCUT2D eigenvalue weighted by molar-refractivity contribution is 5.52. The lowest BCUT2D eigenvalue weighted by Crippen LogP contribution is -2.00. The molecule has 0 fully saturated rings. The van der Waals surface area contributed by atoms with Crippen molar-refractivity contribution in [2.24, 2.45) is 0 Å². The van der Waals surface area contributed by atoms with Crippen molar-refractivity contribution in [1.29, 1.82) is 0 Å². The van der Waals surface area contributed by atoms with E-state index in [-0.39, 0.29) is 11.4 Å². The van der Waals surface area contributed by atoms with E-state index >= 15 is 0 Å². The number of hydrogen-bond donors (Lipinski definition) is 0. The minimum atomic E-state index is -0.478. The number of rotatable bonds is 2. The molecule has 13 heavy (non-hydrogen) atoms. The lowest BCUT2D eigenvalue weighted by molar-refractivity contribution is -0.386. The van der Waals surface area contributed by atoms with E-state index in [1.54, 1.807) is 20.0 Å². The van der Waals surface area contributed by atoms with E-state index in [0.717, 1.165) is 0 Å². The molecule has 0 aliphatic rings. The fourth-order valence-corrected chi connectivity index (χ4v) is 1.14. The van der Waals surface area contributed by atoms with Crippen molar-refractivity contribution >= 4 is 5.69 Å². The average Bonchev–Trinajstić information content (AvgIpc) is 2.07. The van der Waals surface area contributed by atoms with Crippen LogP contribution in [0, 0.1) is 24.0 Å². The third-order valence-electron chi connectivity index (χ3n) is 1.75. The summed E-state index contributed by atoms with van der Waals surface area (Å²) in [6, 6.07) is 0. The molecule has 0 aromatic carbocycles. The quantitative estimate of drug-likeness (QED) is 0.514. The monoisotopic (exact) mass is 182 g/mol. The van der Waals surface area contributed by atoms with E-state index < -0.39 is 4.92 Å². The molecule has 1 rings (SSSR count). The number of pyridine rings is 1. The highest BCUT2D eigenvalue weighted by atomic mass is 16.6. The van der Waals surface area contributed by atoms with E-state index in [1.165, 1.54) is 7.11 Å². The second kappa shape index (κ2) is 3.38. The van der Waals surface area contributed by atoms with Gasteiger partial charge in [0.15, 0.2) is 0 Å². The van der Waals surface area contributed by atoms with Gasteiger partial charge in [-0.15, -0.1) is 0 Å². The van der Waals surface area contributed by atoms with Crippen LogP contribution in [0.2, 0.25) is 0 Å². The molecule has 5 nitrogen and oxygen atoms in total. The Hall–Kier alpha value is -1.65. The van der Waals surface area contributed by atoms with Crippen LogP contribution < -0.4 is 4.74 Å². The van der Waals surface area contributed by atoms with Crippen LogP contribution in [-0.4, -0.2) is 17.0 Å². The van der Waals surface area contributed by atoms with Gasteiger partial charge in [0.05, 0.1) is 12.0 Å². The van der Waals surface area contributed by atoms with Crippen molar-refractivity contribution in [2.75, 3.05) is 7.11 Å². The Morgan fingerprint density at radius 2 is 2.15 bits per heavy atom. The number of ether oxygens (including phenoxy) is 1. The Morgan fingerprint density at radius 1 is 1.54 bits per heavy atom. The van der Waals surface area contributed by atoms with Crippen LogP contribution >= 0.6 is 0 Å². The molecule has 0 N–H and O–H groups in total. The third kappa shape index (κ3) is 1.58. The third-order valence-corrected chi connectivity index (χ3v) is 1.75. The smallest absolute Gasteiger partial charge is 0.332 e. The lowest BCUT2D eigenvalue weighted by atomic mass is 10.2. The van der Waals surface area contributed by atoms with Crippen LogP contribution in [0.4, 0.5) is 5.69 Å². The van der Waals surface area contributed by atoms with Gasteiger partial charge in [-0.3, -0.25) is 15.1 Å². The highest BCUT2D eigenvalue weighted by Crippen LogP contribution is 2.31. The molecule has 0 spiro atoms. The Labute approximate surface area is 75.5 Å². The predicted octanol–water partition coefficient (Wildman–Crippen LogP) is 1.62. The maximum absolute atomic E-state index is 10.6. The minimum Gasteiger partial charge on any atom is -0.490 e. The maximum atomic E-state index is 10.6. The topological polar surface area (TPSA) is 65.3 Å². The van der Waals surface area contributed by atoms with Gasteiger partial charge in [0.25, 0.3) is 0 Å². The molecular weight excluding hydrogens is 172 g/mol. The standard InChI is InChI=1S/C8H10N2O3/c1-5-4-9-6(2)7(10(11)12)8(5)13-3/h4H,1-3H3. The summed E-state index contributed by atoms with van der Waals surface area (Å²) >= 11 is 0. The molecule has 0 saturated heterocycles. The first kappa shape index (κ1) is 9.44. The van der Waals surface area contributed by atoms with E-state index in [1.807, 2.05) is 0 Å². The number of methoxy groups -OCH3 is 1.